The van der Waals surface area contributed by atoms with Crippen LogP contribution < -0.4 is 0 Å². The highest BCUT2D eigenvalue weighted by Crippen LogP contribution is 2.30. The number of aryl methyl sites for hydroxylation is 1. The molecule has 0 bridgehead atoms. The Morgan fingerprint density at radius 1 is 1.00 bits per heavy atom. The molecule has 0 unspecified atom stereocenters. The molecule has 0 aliphatic heterocycles. The topological polar surface area (TPSA) is 23.8 Å². The summed E-state index contributed by atoms with van der Waals surface area (Å²) in [6, 6.07) is 22.9. The van der Waals surface area contributed by atoms with E-state index in [0.29, 0.717) is 5.56 Å². The van der Waals surface area contributed by atoms with Crippen LogP contribution in [-0.4, -0.2) is 0 Å². The first-order valence-corrected chi connectivity index (χ1v) is 7.71. The third-order valence-corrected chi connectivity index (χ3v) is 4.53. The Balaban J connectivity index is 1.85. The monoisotopic (exact) mass is 289 g/mol. The summed E-state index contributed by atoms with van der Waals surface area (Å²) in [5.41, 5.74) is 4.47. The minimum atomic E-state index is 0.709. The van der Waals surface area contributed by atoms with Crippen molar-refractivity contribution in [1.29, 1.82) is 5.26 Å². The van der Waals surface area contributed by atoms with Crippen LogP contribution in [-0.2, 0) is 6.42 Å². The number of nitriles is 1. The summed E-state index contributed by atoms with van der Waals surface area (Å²) in [4.78, 5) is 2.56. The van der Waals surface area contributed by atoms with Gasteiger partial charge in [-0.3, -0.25) is 0 Å². The summed E-state index contributed by atoms with van der Waals surface area (Å²) in [7, 11) is 0. The van der Waals surface area contributed by atoms with Crippen LogP contribution in [0.5, 0.6) is 0 Å². The molecule has 102 valence electrons. The van der Waals surface area contributed by atoms with Crippen LogP contribution in [0.25, 0.3) is 10.4 Å². The predicted octanol–water partition coefficient (Wildman–Crippen LogP) is 5.19. The molecule has 0 radical (unpaired) electrons. The second kappa shape index (κ2) is 5.95. The van der Waals surface area contributed by atoms with E-state index < -0.39 is 0 Å². The number of hydrogen-bond acceptors (Lipinski definition) is 2. The molecule has 0 saturated carbocycles. The van der Waals surface area contributed by atoms with E-state index in [2.05, 4.69) is 55.5 Å². The maximum atomic E-state index is 8.99. The van der Waals surface area contributed by atoms with Crippen molar-refractivity contribution in [2.45, 2.75) is 13.3 Å². The van der Waals surface area contributed by atoms with Crippen LogP contribution in [0.2, 0.25) is 0 Å². The molecule has 2 aromatic carbocycles. The van der Waals surface area contributed by atoms with Gasteiger partial charge in [-0.15, -0.1) is 11.3 Å². The number of hydrogen-bond donors (Lipinski definition) is 0. The van der Waals surface area contributed by atoms with E-state index in [0.717, 1.165) is 12.0 Å². The van der Waals surface area contributed by atoms with Crippen LogP contribution in [0, 0.1) is 18.3 Å². The van der Waals surface area contributed by atoms with E-state index in [-0.39, 0.29) is 0 Å². The van der Waals surface area contributed by atoms with Crippen molar-refractivity contribution in [3.05, 3.63) is 82.2 Å². The van der Waals surface area contributed by atoms with Crippen molar-refractivity contribution in [2.75, 3.05) is 0 Å². The number of benzene rings is 2. The molecular formula is C19H15NS. The normalized spacial score (nSPS) is 10.3. The number of nitrogens with zero attached hydrogens (tertiary/aromatic N) is 1. The summed E-state index contributed by atoms with van der Waals surface area (Å²) in [5, 5.41) is 8.99. The van der Waals surface area contributed by atoms with Gasteiger partial charge in [-0.2, -0.15) is 5.26 Å². The van der Waals surface area contributed by atoms with E-state index in [1.54, 1.807) is 11.3 Å². The minimum Gasteiger partial charge on any atom is -0.192 e. The lowest BCUT2D eigenvalue weighted by molar-refractivity contribution is 1.22. The fourth-order valence-electron chi connectivity index (χ4n) is 2.39. The highest BCUT2D eigenvalue weighted by molar-refractivity contribution is 7.15. The van der Waals surface area contributed by atoms with Crippen LogP contribution >= 0.6 is 11.3 Å². The third kappa shape index (κ3) is 3.21. The first-order chi connectivity index (χ1) is 10.2. The highest BCUT2D eigenvalue weighted by atomic mass is 32.1. The first kappa shape index (κ1) is 13.6. The maximum absolute atomic E-state index is 8.99. The molecule has 0 amide bonds. The van der Waals surface area contributed by atoms with Crippen molar-refractivity contribution in [3.8, 4) is 16.5 Å². The molecule has 0 N–H and O–H groups in total. The summed E-state index contributed by atoms with van der Waals surface area (Å²) in [6.45, 7) is 2.12. The zero-order valence-corrected chi connectivity index (χ0v) is 12.7. The quantitative estimate of drug-likeness (QED) is 0.651. The summed E-state index contributed by atoms with van der Waals surface area (Å²) >= 11 is 1.80. The predicted molar refractivity (Wildman–Crippen MR) is 88.5 cm³/mol. The summed E-state index contributed by atoms with van der Waals surface area (Å²) in [6.07, 6.45) is 0.963. The largest absolute Gasteiger partial charge is 0.192 e. The molecule has 21 heavy (non-hydrogen) atoms. The van der Waals surface area contributed by atoms with Gasteiger partial charge in [-0.1, -0.05) is 42.0 Å². The zero-order chi connectivity index (χ0) is 14.7. The Bertz CT molecular complexity index is 808. The molecule has 0 fully saturated rings. The van der Waals surface area contributed by atoms with Crippen molar-refractivity contribution in [2.24, 2.45) is 0 Å². The molecule has 0 atom stereocenters. The van der Waals surface area contributed by atoms with Crippen molar-refractivity contribution in [1.82, 2.24) is 0 Å². The van der Waals surface area contributed by atoms with Crippen molar-refractivity contribution in [3.63, 3.8) is 0 Å². The van der Waals surface area contributed by atoms with Crippen LogP contribution in [0.3, 0.4) is 0 Å². The molecule has 1 heterocycles. The average Bonchev–Trinajstić information content (AvgIpc) is 2.96. The van der Waals surface area contributed by atoms with Gasteiger partial charge in [0.15, 0.2) is 0 Å². The lowest BCUT2D eigenvalue weighted by Crippen LogP contribution is -1.84. The Morgan fingerprint density at radius 3 is 2.67 bits per heavy atom. The second-order valence-corrected chi connectivity index (χ2v) is 6.29. The van der Waals surface area contributed by atoms with E-state index >= 15 is 0 Å². The summed E-state index contributed by atoms with van der Waals surface area (Å²) in [5.74, 6) is 0. The molecule has 0 spiro atoms. The van der Waals surface area contributed by atoms with Gasteiger partial charge in [0, 0.05) is 16.2 Å². The fraction of sp³-hybridized carbons (Fsp3) is 0.105. The third-order valence-electron chi connectivity index (χ3n) is 3.40. The van der Waals surface area contributed by atoms with E-state index in [1.807, 2.05) is 18.2 Å². The van der Waals surface area contributed by atoms with E-state index in [4.69, 9.17) is 5.26 Å². The zero-order valence-electron chi connectivity index (χ0n) is 11.8. The fourth-order valence-corrected chi connectivity index (χ4v) is 3.43. The van der Waals surface area contributed by atoms with Gasteiger partial charge in [-0.25, -0.2) is 0 Å². The highest BCUT2D eigenvalue weighted by Gasteiger charge is 2.05. The Morgan fingerprint density at radius 2 is 1.86 bits per heavy atom. The molecule has 3 aromatic rings. The molecule has 2 heteroatoms. The Kier molecular flexibility index (Phi) is 3.85. The van der Waals surface area contributed by atoms with Crippen LogP contribution in [0.1, 0.15) is 21.6 Å². The lowest BCUT2D eigenvalue weighted by atomic mass is 10.1. The van der Waals surface area contributed by atoms with Gasteiger partial charge in [0.1, 0.15) is 0 Å². The second-order valence-electron chi connectivity index (χ2n) is 5.12. The van der Waals surface area contributed by atoms with Gasteiger partial charge in [0.05, 0.1) is 11.6 Å². The number of rotatable bonds is 3. The SMILES string of the molecule is Cc1cccc(Cc2ccc(-c3cccc(C#N)c3)s2)c1. The molecule has 1 aromatic heterocycles. The molecule has 0 aliphatic rings. The van der Waals surface area contributed by atoms with Gasteiger partial charge in [-0.05, 0) is 42.3 Å². The van der Waals surface area contributed by atoms with E-state index in [1.165, 1.54) is 20.9 Å². The molecule has 0 saturated heterocycles. The average molecular weight is 289 g/mol. The van der Waals surface area contributed by atoms with Crippen LogP contribution in [0.4, 0.5) is 0 Å². The summed E-state index contributed by atoms with van der Waals surface area (Å²) < 4.78 is 0. The first-order valence-electron chi connectivity index (χ1n) is 6.89. The van der Waals surface area contributed by atoms with Gasteiger partial charge < -0.3 is 0 Å². The number of thiophene rings is 1. The van der Waals surface area contributed by atoms with Crippen LogP contribution in [0.15, 0.2) is 60.7 Å². The molecule has 0 aliphatic carbocycles. The molecule has 1 nitrogen and oxygen atoms in total. The lowest BCUT2D eigenvalue weighted by Gasteiger charge is -2.00. The molecule has 3 rings (SSSR count). The maximum Gasteiger partial charge on any atom is 0.0991 e. The van der Waals surface area contributed by atoms with Crippen molar-refractivity contribution < 1.29 is 0 Å². The van der Waals surface area contributed by atoms with Crippen molar-refractivity contribution >= 4 is 11.3 Å². The molecular weight excluding hydrogens is 274 g/mol. The Labute approximate surface area is 129 Å². The minimum absolute atomic E-state index is 0.709. The van der Waals surface area contributed by atoms with Gasteiger partial charge in [0.25, 0.3) is 0 Å². The van der Waals surface area contributed by atoms with Gasteiger partial charge >= 0.3 is 0 Å². The standard InChI is InChI=1S/C19H15NS/c1-14-4-2-5-15(10-14)12-18-8-9-19(21-18)17-7-3-6-16(11-17)13-20/h2-11H,12H2,1H3. The Hall–Kier alpha value is -2.37. The van der Waals surface area contributed by atoms with E-state index in [9.17, 15) is 0 Å². The smallest absolute Gasteiger partial charge is 0.0991 e. The van der Waals surface area contributed by atoms with Gasteiger partial charge in [0.2, 0.25) is 0 Å².